The quantitative estimate of drug-likeness (QED) is 0.374. The SMILES string of the molecule is CCCCCCCC(=O)OCCC(C)CCc1ccccc1. The number of benzene rings is 1. The maximum atomic E-state index is 11.6. The molecule has 1 atom stereocenters. The summed E-state index contributed by atoms with van der Waals surface area (Å²) in [4.78, 5) is 11.6. The van der Waals surface area contributed by atoms with Crippen LogP contribution in [-0.4, -0.2) is 12.6 Å². The second kappa shape index (κ2) is 12.3. The van der Waals surface area contributed by atoms with Gasteiger partial charge < -0.3 is 4.74 Å². The first-order chi connectivity index (χ1) is 10.7. The molecule has 0 aliphatic carbocycles. The Labute approximate surface area is 136 Å². The monoisotopic (exact) mass is 304 g/mol. The molecule has 0 radical (unpaired) electrons. The fourth-order valence-corrected chi connectivity index (χ4v) is 2.52. The molecule has 1 aromatic rings. The summed E-state index contributed by atoms with van der Waals surface area (Å²) in [7, 11) is 0. The van der Waals surface area contributed by atoms with Gasteiger partial charge in [0.1, 0.15) is 0 Å². The standard InChI is InChI=1S/C20H32O2/c1-3-4-5-6-10-13-20(21)22-17-16-18(2)14-15-19-11-8-7-9-12-19/h7-9,11-12,18H,3-6,10,13-17H2,1-2H3. The van der Waals surface area contributed by atoms with E-state index in [0.29, 0.717) is 18.9 Å². The maximum absolute atomic E-state index is 11.6. The number of rotatable bonds is 12. The van der Waals surface area contributed by atoms with Gasteiger partial charge in [0, 0.05) is 6.42 Å². The predicted molar refractivity (Wildman–Crippen MR) is 92.9 cm³/mol. The molecule has 0 N–H and O–H groups in total. The second-order valence-electron chi connectivity index (χ2n) is 6.30. The molecular formula is C20H32O2. The molecular weight excluding hydrogens is 272 g/mol. The summed E-state index contributed by atoms with van der Waals surface area (Å²) in [6, 6.07) is 10.6. The highest BCUT2D eigenvalue weighted by molar-refractivity contribution is 5.69. The molecule has 1 unspecified atom stereocenters. The Hall–Kier alpha value is -1.31. The molecule has 124 valence electrons. The summed E-state index contributed by atoms with van der Waals surface area (Å²) in [6.45, 7) is 5.01. The van der Waals surface area contributed by atoms with Gasteiger partial charge in [0.2, 0.25) is 0 Å². The number of esters is 1. The van der Waals surface area contributed by atoms with Gasteiger partial charge in [-0.2, -0.15) is 0 Å². The van der Waals surface area contributed by atoms with Crippen molar-refractivity contribution < 1.29 is 9.53 Å². The van der Waals surface area contributed by atoms with Crippen LogP contribution in [0.5, 0.6) is 0 Å². The average molecular weight is 304 g/mol. The van der Waals surface area contributed by atoms with E-state index in [9.17, 15) is 4.79 Å². The Kier molecular flexibility index (Phi) is 10.4. The number of carbonyl (C=O) groups excluding carboxylic acids is 1. The Morgan fingerprint density at radius 1 is 1.05 bits per heavy atom. The van der Waals surface area contributed by atoms with Gasteiger partial charge in [-0.05, 0) is 37.2 Å². The third-order valence-corrected chi connectivity index (χ3v) is 4.13. The van der Waals surface area contributed by atoms with Crippen LogP contribution < -0.4 is 0 Å². The molecule has 2 heteroatoms. The first-order valence-electron chi connectivity index (χ1n) is 8.92. The van der Waals surface area contributed by atoms with E-state index in [4.69, 9.17) is 4.74 Å². The van der Waals surface area contributed by atoms with Crippen molar-refractivity contribution in [1.29, 1.82) is 0 Å². The largest absolute Gasteiger partial charge is 0.466 e. The highest BCUT2D eigenvalue weighted by atomic mass is 16.5. The lowest BCUT2D eigenvalue weighted by Gasteiger charge is -2.11. The molecule has 0 heterocycles. The van der Waals surface area contributed by atoms with E-state index in [-0.39, 0.29) is 5.97 Å². The summed E-state index contributed by atoms with van der Waals surface area (Å²) < 4.78 is 5.33. The molecule has 0 amide bonds. The fraction of sp³-hybridized carbons (Fsp3) is 0.650. The summed E-state index contributed by atoms with van der Waals surface area (Å²) >= 11 is 0. The Balaban J connectivity index is 1.99. The molecule has 0 bridgehead atoms. The number of aryl methyl sites for hydroxylation is 1. The van der Waals surface area contributed by atoms with Crippen molar-refractivity contribution in [2.45, 2.75) is 71.6 Å². The van der Waals surface area contributed by atoms with E-state index >= 15 is 0 Å². The maximum Gasteiger partial charge on any atom is 0.305 e. The number of unbranched alkanes of at least 4 members (excludes halogenated alkanes) is 4. The van der Waals surface area contributed by atoms with E-state index < -0.39 is 0 Å². The van der Waals surface area contributed by atoms with Gasteiger partial charge in [0.25, 0.3) is 0 Å². The topological polar surface area (TPSA) is 26.3 Å². The highest BCUT2D eigenvalue weighted by Crippen LogP contribution is 2.13. The number of hydrogen-bond acceptors (Lipinski definition) is 2. The molecule has 0 fully saturated rings. The number of carbonyl (C=O) groups is 1. The van der Waals surface area contributed by atoms with Crippen molar-refractivity contribution in [3.63, 3.8) is 0 Å². The van der Waals surface area contributed by atoms with Crippen LogP contribution in [0.2, 0.25) is 0 Å². The first kappa shape index (κ1) is 18.7. The molecule has 0 saturated carbocycles. The van der Waals surface area contributed by atoms with E-state index in [1.54, 1.807) is 0 Å². The third kappa shape index (κ3) is 9.59. The summed E-state index contributed by atoms with van der Waals surface area (Å²) in [5.41, 5.74) is 1.39. The van der Waals surface area contributed by atoms with Crippen molar-refractivity contribution in [2.24, 2.45) is 5.92 Å². The van der Waals surface area contributed by atoms with Crippen LogP contribution in [0.4, 0.5) is 0 Å². The van der Waals surface area contributed by atoms with Crippen LogP contribution in [0.15, 0.2) is 30.3 Å². The van der Waals surface area contributed by atoms with Crippen LogP contribution in [0.25, 0.3) is 0 Å². The van der Waals surface area contributed by atoms with Gasteiger partial charge in [-0.25, -0.2) is 0 Å². The minimum absolute atomic E-state index is 0.0215. The van der Waals surface area contributed by atoms with Crippen molar-refractivity contribution >= 4 is 5.97 Å². The lowest BCUT2D eigenvalue weighted by molar-refractivity contribution is -0.144. The smallest absolute Gasteiger partial charge is 0.305 e. The second-order valence-corrected chi connectivity index (χ2v) is 6.30. The lowest BCUT2D eigenvalue weighted by Crippen LogP contribution is -2.09. The van der Waals surface area contributed by atoms with Gasteiger partial charge in [0.05, 0.1) is 6.61 Å². The molecule has 0 aliphatic heterocycles. The zero-order valence-electron chi connectivity index (χ0n) is 14.4. The van der Waals surface area contributed by atoms with Crippen molar-refractivity contribution in [3.05, 3.63) is 35.9 Å². The molecule has 1 rings (SSSR count). The molecule has 0 aromatic heterocycles. The van der Waals surface area contributed by atoms with Crippen LogP contribution >= 0.6 is 0 Å². The Morgan fingerprint density at radius 3 is 2.50 bits per heavy atom. The van der Waals surface area contributed by atoms with Crippen LogP contribution in [0, 0.1) is 5.92 Å². The van der Waals surface area contributed by atoms with Gasteiger partial charge in [-0.15, -0.1) is 0 Å². The van der Waals surface area contributed by atoms with Crippen LogP contribution in [-0.2, 0) is 16.0 Å². The van der Waals surface area contributed by atoms with Crippen molar-refractivity contribution in [1.82, 2.24) is 0 Å². The normalized spacial score (nSPS) is 12.1. The zero-order chi connectivity index (χ0) is 16.0. The Bertz CT molecular complexity index is 386. The van der Waals surface area contributed by atoms with Crippen LogP contribution in [0.1, 0.15) is 70.8 Å². The molecule has 22 heavy (non-hydrogen) atoms. The molecule has 2 nitrogen and oxygen atoms in total. The summed E-state index contributed by atoms with van der Waals surface area (Å²) in [6.07, 6.45) is 9.68. The van der Waals surface area contributed by atoms with E-state index in [1.165, 1.54) is 24.8 Å². The molecule has 0 saturated heterocycles. The van der Waals surface area contributed by atoms with Gasteiger partial charge in [-0.3, -0.25) is 4.79 Å². The minimum atomic E-state index is -0.0215. The third-order valence-electron chi connectivity index (χ3n) is 4.13. The fourth-order valence-electron chi connectivity index (χ4n) is 2.52. The van der Waals surface area contributed by atoms with Crippen molar-refractivity contribution in [3.8, 4) is 0 Å². The average Bonchev–Trinajstić information content (AvgIpc) is 2.54. The van der Waals surface area contributed by atoms with E-state index in [2.05, 4.69) is 44.2 Å². The van der Waals surface area contributed by atoms with Gasteiger partial charge >= 0.3 is 5.97 Å². The summed E-state index contributed by atoms with van der Waals surface area (Å²) in [5.74, 6) is 0.573. The minimum Gasteiger partial charge on any atom is -0.466 e. The van der Waals surface area contributed by atoms with E-state index in [0.717, 1.165) is 32.1 Å². The molecule has 0 aliphatic rings. The van der Waals surface area contributed by atoms with Crippen LogP contribution in [0.3, 0.4) is 0 Å². The molecule has 1 aromatic carbocycles. The number of hydrogen-bond donors (Lipinski definition) is 0. The predicted octanol–water partition coefficient (Wildman–Crippen LogP) is 5.55. The van der Waals surface area contributed by atoms with Gasteiger partial charge in [0.15, 0.2) is 0 Å². The highest BCUT2D eigenvalue weighted by Gasteiger charge is 2.06. The Morgan fingerprint density at radius 2 is 1.77 bits per heavy atom. The van der Waals surface area contributed by atoms with Gasteiger partial charge in [-0.1, -0.05) is 69.9 Å². The molecule has 0 spiro atoms. The lowest BCUT2D eigenvalue weighted by atomic mass is 9.99. The van der Waals surface area contributed by atoms with Crippen molar-refractivity contribution in [2.75, 3.05) is 6.61 Å². The summed E-state index contributed by atoms with van der Waals surface area (Å²) in [5, 5.41) is 0. The first-order valence-corrected chi connectivity index (χ1v) is 8.92. The number of ether oxygens (including phenoxy) is 1. The van der Waals surface area contributed by atoms with E-state index in [1.807, 2.05) is 0 Å². The zero-order valence-corrected chi connectivity index (χ0v) is 14.4.